The molecule has 2 aliphatic rings. The van der Waals surface area contributed by atoms with Crippen molar-refractivity contribution in [2.45, 2.75) is 49.1 Å². The molecule has 12 atom stereocenters. The van der Waals surface area contributed by atoms with Gasteiger partial charge in [-0.15, -0.1) is 0 Å². The molecule has 4 radical (unpaired) electrons. The van der Waals surface area contributed by atoms with Crippen LogP contribution in [0.1, 0.15) is 12.5 Å². The highest BCUT2D eigenvalue weighted by atomic mass is 31.3. The lowest BCUT2D eigenvalue weighted by Gasteiger charge is -2.23. The van der Waals surface area contributed by atoms with Crippen molar-refractivity contribution in [3.05, 3.63) is 33.4 Å². The Labute approximate surface area is 319 Å². The summed E-state index contributed by atoms with van der Waals surface area (Å²) in [6.07, 6.45) is -10.6. The summed E-state index contributed by atoms with van der Waals surface area (Å²) in [7, 11) is -9.15. The van der Waals surface area contributed by atoms with Gasteiger partial charge in [0, 0.05) is 0 Å². The number of imidazole rings is 2. The third-order valence-corrected chi connectivity index (χ3v) is 14.4. The number of anilines is 2. The predicted octanol–water partition coefficient (Wildman–Crippen LogP) is -4.65. The molecule has 2 saturated heterocycles. The molecule has 6 heterocycles. The largest absolute Gasteiger partial charge is 0.487 e. The highest BCUT2D eigenvalue weighted by molar-refractivity contribution is 7.85. The highest BCUT2D eigenvalue weighted by Gasteiger charge is 2.50. The summed E-state index contributed by atoms with van der Waals surface area (Å²) in [5.74, 6) is -0.569. The molecule has 0 spiro atoms. The van der Waals surface area contributed by atoms with Gasteiger partial charge in [-0.3, -0.25) is 37.8 Å². The number of aryl methyl sites for hydroxylation is 2. The molecule has 57 heavy (non-hydrogen) atoms. The van der Waals surface area contributed by atoms with Crippen LogP contribution in [0.15, 0.2) is 22.2 Å². The van der Waals surface area contributed by atoms with Crippen LogP contribution in [0.3, 0.4) is 0 Å². The van der Waals surface area contributed by atoms with Crippen LogP contribution in [-0.4, -0.2) is 124 Å². The Morgan fingerprint density at radius 1 is 0.719 bits per heavy atom. The van der Waals surface area contributed by atoms with E-state index in [1.807, 2.05) is 0 Å². The number of ether oxygens (including phenoxy) is 2. The van der Waals surface area contributed by atoms with Crippen LogP contribution < -0.4 is 31.7 Å². The summed E-state index contributed by atoms with van der Waals surface area (Å²) >= 11 is 0. The van der Waals surface area contributed by atoms with E-state index in [1.54, 1.807) is 0 Å². The number of aromatic nitrogens is 8. The average molecular weight is 886 g/mol. The van der Waals surface area contributed by atoms with Gasteiger partial charge in [0.1, 0.15) is 36.6 Å². The van der Waals surface area contributed by atoms with Gasteiger partial charge < -0.3 is 60.2 Å². The van der Waals surface area contributed by atoms with Crippen LogP contribution in [0.5, 0.6) is 0 Å². The number of fused-ring (bicyclic) bond motifs is 2. The minimum atomic E-state index is -6.07. The Balaban J connectivity index is 1.04. The van der Waals surface area contributed by atoms with Crippen LogP contribution in [0.25, 0.3) is 22.3 Å². The molecule has 2 fully saturated rings. The van der Waals surface area contributed by atoms with Crippen LogP contribution in [0, 0.1) is 0 Å². The molecule has 4 aromatic rings. The SMILES string of the molecule is [B][P@](=O)(OC[C@H]1O[C@@H]([n+]2cn(C)c3c(=O)[nH]c(N)nc32)[C@H](O)[C@@H]1O)OP(=O)(O)OP(=O)(O)O[P@]([B])(=O)OC[C@H]1O[C@@H]([n+]2cn(C)c3c(=O)[nH]c(N)nc32)[C@H](O)[C@@H]1O. The van der Waals surface area contributed by atoms with E-state index in [1.165, 1.54) is 35.9 Å². The summed E-state index contributed by atoms with van der Waals surface area (Å²) in [6.45, 7) is -2.04. The van der Waals surface area contributed by atoms with Gasteiger partial charge in [-0.1, -0.05) is 9.97 Å². The van der Waals surface area contributed by atoms with Gasteiger partial charge in [0.2, 0.25) is 38.6 Å². The Morgan fingerprint density at radius 3 is 1.42 bits per heavy atom. The molecule has 6 rings (SSSR count). The van der Waals surface area contributed by atoms with Crippen molar-refractivity contribution in [2.24, 2.45) is 14.1 Å². The topological polar surface area (TPSA) is 415 Å². The predicted molar refractivity (Wildman–Crippen MR) is 185 cm³/mol. The zero-order chi connectivity index (χ0) is 42.2. The standard InChI is InChI=1S/C22H30B2N10O19P4/c1-31-5-33(15-9(31)17(39)29-21(25)27-15)19-13(37)11(35)7(49-19)3-47-54(23,41)51-56(43,44)53-57(45,46)52-55(24,42)48-4-8-12(36)14(38)20(50-8)34-6-32(2)10-16(34)28-22(26)30-18(10)40/h5-8,11-14,19-20,35-38H,3-4H2,1-2H3,(H6-2,25,26,27,28,29,30,39,40,43,44,45,46)/p+2/t7-,8-,11-,12-,13-,14-,19-,20-,54-,55+/m1/s1. The number of hydrogen-bond donors (Lipinski definition) is 10. The fourth-order valence-corrected chi connectivity index (χ4v) is 11.2. The van der Waals surface area contributed by atoms with E-state index in [0.717, 1.165) is 9.13 Å². The van der Waals surface area contributed by atoms with Gasteiger partial charge in [-0.2, -0.15) is 4.31 Å². The Hall–Kier alpha value is -3.17. The lowest BCUT2D eigenvalue weighted by molar-refractivity contribution is -0.746. The molecule has 2 aliphatic heterocycles. The number of nitrogens with zero attached hydrogens (tertiary/aromatic N) is 6. The fourth-order valence-electron chi connectivity index (χ4n) is 5.95. The molecule has 0 aromatic carbocycles. The molecule has 4 aromatic heterocycles. The molecule has 0 saturated carbocycles. The van der Waals surface area contributed by atoms with E-state index < -0.39 is 104 Å². The van der Waals surface area contributed by atoms with Crippen LogP contribution >= 0.6 is 30.6 Å². The van der Waals surface area contributed by atoms with Gasteiger partial charge in [0.05, 0.1) is 27.3 Å². The summed E-state index contributed by atoms with van der Waals surface area (Å²) in [5, 5.41) is 42.4. The molecular formula is C22H32B2N10O19P4+2. The molecule has 0 bridgehead atoms. The molecule has 0 amide bonds. The first-order chi connectivity index (χ1) is 26.3. The molecule has 12 N–H and O–H groups in total. The summed E-state index contributed by atoms with van der Waals surface area (Å²) in [6, 6.07) is 0. The van der Waals surface area contributed by atoms with Crippen LogP contribution in [0.4, 0.5) is 11.9 Å². The van der Waals surface area contributed by atoms with Gasteiger partial charge >= 0.3 is 26.9 Å². The van der Waals surface area contributed by atoms with E-state index in [9.17, 15) is 58.1 Å². The first kappa shape index (κ1) is 43.4. The normalized spacial score (nSPS) is 29.6. The van der Waals surface area contributed by atoms with Crippen LogP contribution in [-0.2, 0) is 63.8 Å². The second-order valence-electron chi connectivity index (χ2n) is 12.5. The molecule has 308 valence electrons. The maximum Gasteiger partial charge on any atom is 0.487 e. The Kier molecular flexibility index (Phi) is 11.8. The number of nitrogens with two attached hydrogens (primary N) is 2. The zero-order valence-corrected chi connectivity index (χ0v) is 32.5. The minimum Gasteiger partial charge on any atom is -0.387 e. The quantitative estimate of drug-likeness (QED) is 0.0323. The van der Waals surface area contributed by atoms with Gasteiger partial charge in [-0.05, 0) is 0 Å². The third-order valence-electron chi connectivity index (χ3n) is 8.28. The number of hydrogen-bond acceptors (Lipinski definition) is 21. The highest BCUT2D eigenvalue weighted by Crippen LogP contribution is 2.71. The monoisotopic (exact) mass is 886 g/mol. The number of H-pyrrole nitrogens is 2. The molecular weight excluding hydrogens is 854 g/mol. The fraction of sp³-hybridized carbons (Fsp3) is 0.545. The van der Waals surface area contributed by atoms with Crippen molar-refractivity contribution >= 4 is 79.9 Å². The molecule has 0 aliphatic carbocycles. The van der Waals surface area contributed by atoms with Crippen molar-refractivity contribution in [3.8, 4) is 0 Å². The number of aliphatic hydroxyl groups is 4. The number of nitrogens with one attached hydrogen (secondary N) is 2. The lowest BCUT2D eigenvalue weighted by atomic mass is 10.1. The molecule has 2 unspecified atom stereocenters. The van der Waals surface area contributed by atoms with E-state index in [2.05, 4.69) is 32.9 Å². The smallest absolute Gasteiger partial charge is 0.387 e. The third kappa shape index (κ3) is 9.05. The molecule has 29 nitrogen and oxygen atoms in total. The van der Waals surface area contributed by atoms with Gasteiger partial charge in [0.15, 0.2) is 12.7 Å². The van der Waals surface area contributed by atoms with E-state index >= 15 is 0 Å². The number of nitrogen functional groups attached to an aromatic ring is 2. The van der Waals surface area contributed by atoms with Crippen LogP contribution in [0.2, 0.25) is 0 Å². The number of aromatic amines is 2. The maximum absolute atomic E-state index is 12.7. The maximum atomic E-state index is 12.7. The summed E-state index contributed by atoms with van der Waals surface area (Å²) in [5.41, 5.74) is 9.83. The van der Waals surface area contributed by atoms with Crippen molar-refractivity contribution < 1.29 is 89.1 Å². The van der Waals surface area contributed by atoms with E-state index in [0.29, 0.717) is 0 Å². The minimum absolute atomic E-state index is 0.00657. The van der Waals surface area contributed by atoms with E-state index in [-0.39, 0.29) is 34.2 Å². The molecule has 35 heteroatoms. The van der Waals surface area contributed by atoms with Crippen molar-refractivity contribution in [2.75, 3.05) is 24.7 Å². The summed E-state index contributed by atoms with van der Waals surface area (Å²) in [4.78, 5) is 57.3. The second kappa shape index (κ2) is 15.5. The summed E-state index contributed by atoms with van der Waals surface area (Å²) < 4.78 is 88.5. The first-order valence-corrected chi connectivity index (χ1v) is 21.9. The Morgan fingerprint density at radius 2 is 1.07 bits per heavy atom. The zero-order valence-electron chi connectivity index (χ0n) is 29.0. The van der Waals surface area contributed by atoms with Crippen molar-refractivity contribution in [3.63, 3.8) is 0 Å². The Bertz CT molecular complexity index is 2370. The van der Waals surface area contributed by atoms with Gasteiger partial charge in [-0.25, -0.2) is 26.9 Å². The van der Waals surface area contributed by atoms with Gasteiger partial charge in [0.25, 0.3) is 38.0 Å². The lowest BCUT2D eigenvalue weighted by Crippen LogP contribution is -2.46. The number of aliphatic hydroxyl groups excluding tert-OH is 4. The van der Waals surface area contributed by atoms with Crippen molar-refractivity contribution in [1.29, 1.82) is 0 Å². The van der Waals surface area contributed by atoms with Crippen molar-refractivity contribution in [1.82, 2.24) is 29.1 Å². The average Bonchev–Trinajstić information content (AvgIpc) is 3.74. The number of rotatable bonds is 14. The first-order valence-electron chi connectivity index (χ1n) is 15.7. The second-order valence-corrected chi connectivity index (χ2v) is 19.0. The number of phosphoric acid groups is 2. The van der Waals surface area contributed by atoms with E-state index in [4.69, 9.17) is 45.1 Å².